The molecule has 0 aliphatic heterocycles. The van der Waals surface area contributed by atoms with Crippen LogP contribution < -0.4 is 5.73 Å². The topological polar surface area (TPSA) is 43.8 Å². The number of hydrogen-bond acceptors (Lipinski definition) is 2. The van der Waals surface area contributed by atoms with Crippen LogP contribution >= 0.6 is 0 Å². The van der Waals surface area contributed by atoms with Crippen molar-refractivity contribution in [2.24, 2.45) is 29.4 Å². The van der Waals surface area contributed by atoms with Gasteiger partial charge in [0.15, 0.2) is 0 Å². The highest BCUT2D eigenvalue weighted by Gasteiger charge is 2.49. The molecular formula is C15H23N3. The predicted molar refractivity (Wildman–Crippen MR) is 71.1 cm³/mol. The van der Waals surface area contributed by atoms with Gasteiger partial charge in [0.25, 0.3) is 0 Å². The fraction of sp³-hybridized carbons (Fsp3) is 0.800. The van der Waals surface area contributed by atoms with E-state index in [4.69, 9.17) is 5.73 Å². The molecule has 1 aromatic heterocycles. The van der Waals surface area contributed by atoms with Crippen LogP contribution in [-0.2, 0) is 6.42 Å². The minimum atomic E-state index is 0.698. The van der Waals surface area contributed by atoms with Crippen LogP contribution in [0, 0.1) is 23.7 Å². The molecule has 4 bridgehead atoms. The third-order valence-electron chi connectivity index (χ3n) is 5.57. The zero-order valence-electron chi connectivity index (χ0n) is 11.0. The van der Waals surface area contributed by atoms with Crippen LogP contribution in [-0.4, -0.2) is 16.3 Å². The van der Waals surface area contributed by atoms with Gasteiger partial charge in [-0.25, -0.2) is 0 Å². The molecule has 4 aliphatic carbocycles. The summed E-state index contributed by atoms with van der Waals surface area (Å²) in [6, 6.07) is 0.698. The molecule has 0 unspecified atom stereocenters. The van der Waals surface area contributed by atoms with Crippen molar-refractivity contribution in [1.82, 2.24) is 9.78 Å². The fourth-order valence-corrected chi connectivity index (χ4v) is 5.16. The van der Waals surface area contributed by atoms with Crippen molar-refractivity contribution in [2.45, 2.75) is 44.6 Å². The summed E-state index contributed by atoms with van der Waals surface area (Å²) in [6.07, 6.45) is 12.6. The number of hydrogen-bond donors (Lipinski definition) is 1. The number of nitrogens with two attached hydrogens (primary N) is 1. The Balaban J connectivity index is 1.60. The fourth-order valence-electron chi connectivity index (χ4n) is 5.16. The minimum absolute atomic E-state index is 0.698. The average Bonchev–Trinajstić information content (AvgIpc) is 2.76. The Hall–Kier alpha value is -0.830. The highest BCUT2D eigenvalue weighted by molar-refractivity contribution is 5.08. The first-order chi connectivity index (χ1) is 8.83. The van der Waals surface area contributed by atoms with Crippen LogP contribution in [0.25, 0.3) is 0 Å². The van der Waals surface area contributed by atoms with Crippen LogP contribution in [0.5, 0.6) is 0 Å². The second-order valence-corrected chi connectivity index (χ2v) is 6.79. The maximum absolute atomic E-state index is 5.63. The summed E-state index contributed by atoms with van der Waals surface area (Å²) in [6.45, 7) is 0.730. The molecule has 1 heterocycles. The van der Waals surface area contributed by atoms with Gasteiger partial charge in [-0.1, -0.05) is 0 Å². The van der Waals surface area contributed by atoms with Crippen LogP contribution in [0.2, 0.25) is 0 Å². The molecule has 0 spiro atoms. The second-order valence-electron chi connectivity index (χ2n) is 6.79. The summed E-state index contributed by atoms with van der Waals surface area (Å²) in [5, 5.41) is 4.64. The zero-order valence-corrected chi connectivity index (χ0v) is 11.0. The molecular weight excluding hydrogens is 222 g/mol. The monoisotopic (exact) mass is 245 g/mol. The van der Waals surface area contributed by atoms with Crippen molar-refractivity contribution < 1.29 is 0 Å². The standard InChI is InChI=1S/C15H23N3/c16-2-1-10-8-17-18(9-10)15-13-4-11-3-12(6-13)7-14(15)5-11/h8-9,11-15H,1-7,16H2. The maximum Gasteiger partial charge on any atom is 0.0576 e. The van der Waals surface area contributed by atoms with Gasteiger partial charge in [0.2, 0.25) is 0 Å². The lowest BCUT2D eigenvalue weighted by molar-refractivity contribution is -0.0336. The predicted octanol–water partition coefficient (Wildman–Crippen LogP) is 2.38. The van der Waals surface area contributed by atoms with Crippen LogP contribution in [0.3, 0.4) is 0 Å². The zero-order chi connectivity index (χ0) is 12.1. The van der Waals surface area contributed by atoms with E-state index in [1.807, 2.05) is 6.20 Å². The highest BCUT2D eigenvalue weighted by Crippen LogP contribution is 2.58. The first kappa shape index (κ1) is 11.0. The van der Waals surface area contributed by atoms with Crippen molar-refractivity contribution >= 4 is 0 Å². The van der Waals surface area contributed by atoms with Crippen molar-refractivity contribution in [1.29, 1.82) is 0 Å². The van der Waals surface area contributed by atoms with Crippen LogP contribution in [0.1, 0.15) is 43.7 Å². The highest BCUT2D eigenvalue weighted by atomic mass is 15.3. The lowest BCUT2D eigenvalue weighted by Gasteiger charge is -2.54. The van der Waals surface area contributed by atoms with E-state index in [0.29, 0.717) is 6.04 Å². The molecule has 1 aromatic rings. The molecule has 0 saturated heterocycles. The third kappa shape index (κ3) is 1.63. The maximum atomic E-state index is 5.63. The van der Waals surface area contributed by atoms with E-state index in [1.165, 1.54) is 37.7 Å². The molecule has 0 amide bonds. The van der Waals surface area contributed by atoms with E-state index < -0.39 is 0 Å². The van der Waals surface area contributed by atoms with Crippen molar-refractivity contribution in [2.75, 3.05) is 6.54 Å². The Morgan fingerprint density at radius 3 is 2.39 bits per heavy atom. The van der Waals surface area contributed by atoms with Crippen molar-refractivity contribution in [3.05, 3.63) is 18.0 Å². The molecule has 98 valence electrons. The number of rotatable bonds is 3. The third-order valence-corrected chi connectivity index (χ3v) is 5.57. The molecule has 18 heavy (non-hydrogen) atoms. The van der Waals surface area contributed by atoms with E-state index >= 15 is 0 Å². The van der Waals surface area contributed by atoms with Gasteiger partial charge in [-0.15, -0.1) is 0 Å². The SMILES string of the molecule is NCCc1cnn(C2C3CC4CC(C3)CC2C4)c1. The summed E-state index contributed by atoms with van der Waals surface area (Å²) < 4.78 is 2.29. The lowest BCUT2D eigenvalue weighted by Crippen LogP contribution is -2.46. The van der Waals surface area contributed by atoms with Gasteiger partial charge in [-0.3, -0.25) is 4.68 Å². The summed E-state index contributed by atoms with van der Waals surface area (Å²) in [5.74, 6) is 3.91. The van der Waals surface area contributed by atoms with E-state index in [-0.39, 0.29) is 0 Å². The van der Waals surface area contributed by atoms with E-state index in [0.717, 1.165) is 36.6 Å². The van der Waals surface area contributed by atoms with E-state index in [2.05, 4.69) is 16.0 Å². The first-order valence-electron chi connectivity index (χ1n) is 7.56. The Morgan fingerprint density at radius 2 is 1.78 bits per heavy atom. The Bertz CT molecular complexity index is 409. The van der Waals surface area contributed by atoms with E-state index in [9.17, 15) is 0 Å². The average molecular weight is 245 g/mol. The summed E-state index contributed by atoms with van der Waals surface area (Å²) in [5.41, 5.74) is 6.94. The molecule has 0 radical (unpaired) electrons. The smallest absolute Gasteiger partial charge is 0.0576 e. The molecule has 4 aliphatic rings. The number of nitrogens with zero attached hydrogens (tertiary/aromatic N) is 2. The van der Waals surface area contributed by atoms with Gasteiger partial charge >= 0.3 is 0 Å². The van der Waals surface area contributed by atoms with Gasteiger partial charge in [0, 0.05) is 6.20 Å². The van der Waals surface area contributed by atoms with E-state index in [1.54, 1.807) is 0 Å². The Labute approximate surface area is 109 Å². The molecule has 2 N–H and O–H groups in total. The van der Waals surface area contributed by atoms with Gasteiger partial charge in [-0.05, 0) is 74.3 Å². The molecule has 0 aromatic carbocycles. The molecule has 5 rings (SSSR count). The van der Waals surface area contributed by atoms with Crippen molar-refractivity contribution in [3.63, 3.8) is 0 Å². The Kier molecular flexibility index (Phi) is 2.51. The number of aromatic nitrogens is 2. The first-order valence-corrected chi connectivity index (χ1v) is 7.56. The van der Waals surface area contributed by atoms with Gasteiger partial charge < -0.3 is 5.73 Å². The minimum Gasteiger partial charge on any atom is -0.330 e. The van der Waals surface area contributed by atoms with Gasteiger partial charge in [-0.2, -0.15) is 5.10 Å². The van der Waals surface area contributed by atoms with Gasteiger partial charge in [0.1, 0.15) is 0 Å². The van der Waals surface area contributed by atoms with Crippen LogP contribution in [0.15, 0.2) is 12.4 Å². The quantitative estimate of drug-likeness (QED) is 0.888. The normalized spacial score (nSPS) is 41.5. The lowest BCUT2D eigenvalue weighted by atomic mass is 9.54. The molecule has 0 atom stereocenters. The molecule has 4 saturated carbocycles. The van der Waals surface area contributed by atoms with Crippen LogP contribution in [0.4, 0.5) is 0 Å². The molecule has 3 nitrogen and oxygen atoms in total. The summed E-state index contributed by atoms with van der Waals surface area (Å²) in [4.78, 5) is 0. The molecule has 4 fully saturated rings. The largest absolute Gasteiger partial charge is 0.330 e. The van der Waals surface area contributed by atoms with Crippen molar-refractivity contribution in [3.8, 4) is 0 Å². The van der Waals surface area contributed by atoms with Gasteiger partial charge in [0.05, 0.1) is 12.2 Å². The summed E-state index contributed by atoms with van der Waals surface area (Å²) in [7, 11) is 0. The Morgan fingerprint density at radius 1 is 1.11 bits per heavy atom. The summed E-state index contributed by atoms with van der Waals surface area (Å²) >= 11 is 0. The molecule has 3 heteroatoms. The second kappa shape index (κ2) is 4.09.